The molecule has 0 amide bonds. The summed E-state index contributed by atoms with van der Waals surface area (Å²) in [5.74, 6) is 1.23. The van der Waals surface area contributed by atoms with Crippen LogP contribution in [-0.2, 0) is 19.3 Å². The van der Waals surface area contributed by atoms with Crippen LogP contribution in [0.2, 0.25) is 0 Å². The van der Waals surface area contributed by atoms with Gasteiger partial charge < -0.3 is 0 Å². The van der Waals surface area contributed by atoms with Crippen LogP contribution in [0.5, 0.6) is 0 Å². The Bertz CT molecular complexity index is 775. The smallest absolute Gasteiger partial charge is 0.163 e. The molecule has 0 aliphatic carbocycles. The van der Waals surface area contributed by atoms with Crippen molar-refractivity contribution in [2.24, 2.45) is 7.05 Å². The summed E-state index contributed by atoms with van der Waals surface area (Å²) in [4.78, 5) is 4.68. The van der Waals surface area contributed by atoms with Gasteiger partial charge in [-0.2, -0.15) is 5.10 Å². The van der Waals surface area contributed by atoms with Gasteiger partial charge in [0.2, 0.25) is 0 Å². The second-order valence-electron chi connectivity index (χ2n) is 4.54. The predicted molar refractivity (Wildman–Crippen MR) is 89.5 cm³/mol. The summed E-state index contributed by atoms with van der Waals surface area (Å²) >= 11 is 8.43. The average molecular weight is 401 g/mol. The van der Waals surface area contributed by atoms with Gasteiger partial charge in [-0.15, -0.1) is 11.6 Å². The summed E-state index contributed by atoms with van der Waals surface area (Å²) in [5, 5.41) is 4.55. The molecule has 104 valence electrons. The molecular formula is C14H14ClIN4. The highest BCUT2D eigenvalue weighted by Crippen LogP contribution is 2.27. The van der Waals surface area contributed by atoms with Crippen LogP contribution in [0.1, 0.15) is 18.4 Å². The summed E-state index contributed by atoms with van der Waals surface area (Å²) in [6.45, 7) is 2.09. The van der Waals surface area contributed by atoms with E-state index >= 15 is 0 Å². The first-order valence-corrected chi connectivity index (χ1v) is 8.02. The molecule has 3 aromatic rings. The summed E-state index contributed by atoms with van der Waals surface area (Å²) in [6, 6.07) is 8.22. The second-order valence-corrected chi connectivity index (χ2v) is 5.97. The quantitative estimate of drug-likeness (QED) is 0.497. The third-order valence-corrected chi connectivity index (χ3v) is 4.47. The first kappa shape index (κ1) is 13.9. The van der Waals surface area contributed by atoms with Crippen LogP contribution in [0.3, 0.4) is 0 Å². The van der Waals surface area contributed by atoms with Crippen molar-refractivity contribution in [2.75, 3.05) is 0 Å². The molecule has 0 radical (unpaired) electrons. The van der Waals surface area contributed by atoms with E-state index in [1.165, 1.54) is 0 Å². The Morgan fingerprint density at radius 1 is 1.30 bits per heavy atom. The van der Waals surface area contributed by atoms with Gasteiger partial charge in [0.05, 0.1) is 17.3 Å². The van der Waals surface area contributed by atoms with Gasteiger partial charge in [0.1, 0.15) is 11.3 Å². The first-order valence-electron chi connectivity index (χ1n) is 6.41. The fourth-order valence-corrected chi connectivity index (χ4v) is 3.25. The Morgan fingerprint density at radius 3 is 2.70 bits per heavy atom. The molecule has 0 N–H and O–H groups in total. The van der Waals surface area contributed by atoms with Gasteiger partial charge in [0, 0.05) is 10.6 Å². The van der Waals surface area contributed by atoms with Crippen LogP contribution in [0, 0.1) is 3.57 Å². The van der Waals surface area contributed by atoms with Gasteiger partial charge in [-0.05, 0) is 41.1 Å². The molecule has 3 rings (SSSR count). The van der Waals surface area contributed by atoms with Crippen LogP contribution in [0.15, 0.2) is 24.3 Å². The maximum absolute atomic E-state index is 6.10. The first-order chi connectivity index (χ1) is 9.67. The zero-order valence-electron chi connectivity index (χ0n) is 11.3. The van der Waals surface area contributed by atoms with E-state index in [1.54, 1.807) is 0 Å². The van der Waals surface area contributed by atoms with Crippen molar-refractivity contribution in [3.8, 4) is 5.69 Å². The van der Waals surface area contributed by atoms with E-state index in [9.17, 15) is 0 Å². The molecule has 2 heterocycles. The molecule has 20 heavy (non-hydrogen) atoms. The lowest BCUT2D eigenvalue weighted by molar-refractivity contribution is 0.744. The number of hydrogen-bond donors (Lipinski definition) is 0. The molecule has 0 saturated heterocycles. The van der Waals surface area contributed by atoms with E-state index in [-0.39, 0.29) is 0 Å². The summed E-state index contributed by atoms with van der Waals surface area (Å²) in [5.41, 5.74) is 4.06. The predicted octanol–water partition coefficient (Wildman–Crippen LogP) is 3.66. The van der Waals surface area contributed by atoms with Crippen molar-refractivity contribution in [3.05, 3.63) is 39.4 Å². The van der Waals surface area contributed by atoms with Crippen LogP contribution in [0.25, 0.3) is 16.9 Å². The van der Waals surface area contributed by atoms with E-state index in [2.05, 4.69) is 56.3 Å². The number of aryl methyl sites for hydroxylation is 2. The Hall–Kier alpha value is -1.08. The topological polar surface area (TPSA) is 35.6 Å². The Labute approximate surface area is 135 Å². The zero-order valence-corrected chi connectivity index (χ0v) is 14.2. The van der Waals surface area contributed by atoms with E-state index in [4.69, 9.17) is 11.6 Å². The highest BCUT2D eigenvalue weighted by molar-refractivity contribution is 14.1. The highest BCUT2D eigenvalue weighted by Gasteiger charge is 2.20. The Kier molecular flexibility index (Phi) is 3.72. The molecule has 1 aromatic carbocycles. The fraction of sp³-hybridized carbons (Fsp3) is 0.286. The maximum atomic E-state index is 6.10. The van der Waals surface area contributed by atoms with E-state index in [0.717, 1.165) is 38.4 Å². The van der Waals surface area contributed by atoms with Gasteiger partial charge in [-0.25, -0.2) is 9.67 Å². The average Bonchev–Trinajstić information content (AvgIpc) is 2.97. The normalized spacial score (nSPS) is 11.4. The van der Waals surface area contributed by atoms with Gasteiger partial charge in [-0.3, -0.25) is 4.57 Å². The summed E-state index contributed by atoms with van der Waals surface area (Å²) in [7, 11) is 1.95. The van der Waals surface area contributed by atoms with Crippen molar-refractivity contribution in [3.63, 3.8) is 0 Å². The Morgan fingerprint density at radius 2 is 2.05 bits per heavy atom. The second kappa shape index (κ2) is 5.37. The highest BCUT2D eigenvalue weighted by atomic mass is 127. The number of hydrogen-bond acceptors (Lipinski definition) is 2. The molecule has 0 aliphatic rings. The van der Waals surface area contributed by atoms with Crippen molar-refractivity contribution in [1.29, 1.82) is 0 Å². The van der Waals surface area contributed by atoms with E-state index < -0.39 is 0 Å². The number of aromatic nitrogens is 4. The van der Waals surface area contributed by atoms with Crippen molar-refractivity contribution < 1.29 is 0 Å². The van der Waals surface area contributed by atoms with Crippen LogP contribution >= 0.6 is 34.2 Å². The minimum absolute atomic E-state index is 0.378. The minimum atomic E-state index is 0.378. The third kappa shape index (κ3) is 2.03. The van der Waals surface area contributed by atoms with Gasteiger partial charge in [-0.1, -0.05) is 19.1 Å². The molecule has 0 saturated carbocycles. The molecule has 0 aliphatic heterocycles. The van der Waals surface area contributed by atoms with E-state index in [1.807, 2.05) is 23.9 Å². The fourth-order valence-electron chi connectivity index (χ4n) is 2.44. The molecular weight excluding hydrogens is 387 g/mol. The number of fused-ring (bicyclic) bond motifs is 1. The van der Waals surface area contributed by atoms with Crippen molar-refractivity contribution in [2.45, 2.75) is 19.2 Å². The summed E-state index contributed by atoms with van der Waals surface area (Å²) in [6.07, 6.45) is 0.863. The van der Waals surface area contributed by atoms with Crippen LogP contribution < -0.4 is 0 Å². The number of para-hydroxylation sites is 1. The molecule has 0 unspecified atom stereocenters. The zero-order chi connectivity index (χ0) is 14.3. The lowest BCUT2D eigenvalue weighted by Gasteiger charge is -2.10. The molecule has 0 spiro atoms. The van der Waals surface area contributed by atoms with Crippen LogP contribution in [0.4, 0.5) is 0 Å². The van der Waals surface area contributed by atoms with E-state index in [0.29, 0.717) is 5.88 Å². The SMILES string of the molecule is CCc1nn(C)c2c1nc(CCl)n2-c1ccccc1I. The standard InChI is InChI=1S/C14H14ClIN4/c1-3-10-13-14(19(2)18-10)20(12(8-15)17-13)11-7-5-4-6-9(11)16/h4-7H,3,8H2,1-2H3. The molecule has 0 fully saturated rings. The molecule has 2 aromatic heterocycles. The molecule has 0 atom stereocenters. The monoisotopic (exact) mass is 400 g/mol. The number of halogens is 2. The molecule has 0 bridgehead atoms. The lowest BCUT2D eigenvalue weighted by Crippen LogP contribution is -2.05. The largest absolute Gasteiger partial charge is 0.279 e. The number of nitrogens with zero attached hydrogens (tertiary/aromatic N) is 4. The number of benzene rings is 1. The Balaban J connectivity index is 2.39. The van der Waals surface area contributed by atoms with Crippen LogP contribution in [-0.4, -0.2) is 19.3 Å². The van der Waals surface area contributed by atoms with Crippen molar-refractivity contribution >= 4 is 45.4 Å². The minimum Gasteiger partial charge on any atom is -0.279 e. The number of rotatable bonds is 3. The molecule has 4 nitrogen and oxygen atoms in total. The number of alkyl halides is 1. The summed E-state index contributed by atoms with van der Waals surface area (Å²) < 4.78 is 5.16. The lowest BCUT2D eigenvalue weighted by atomic mass is 10.3. The molecule has 6 heteroatoms. The van der Waals surface area contributed by atoms with Crippen molar-refractivity contribution in [1.82, 2.24) is 19.3 Å². The maximum Gasteiger partial charge on any atom is 0.163 e. The van der Waals surface area contributed by atoms with Gasteiger partial charge in [0.15, 0.2) is 5.65 Å². The van der Waals surface area contributed by atoms with Gasteiger partial charge in [0.25, 0.3) is 0 Å². The number of imidazole rings is 1. The third-order valence-electron chi connectivity index (χ3n) is 3.32. The van der Waals surface area contributed by atoms with Gasteiger partial charge >= 0.3 is 0 Å².